The summed E-state index contributed by atoms with van der Waals surface area (Å²) in [5, 5.41) is 14.5. The van der Waals surface area contributed by atoms with E-state index >= 15 is 0 Å². The second kappa shape index (κ2) is 8.03. The summed E-state index contributed by atoms with van der Waals surface area (Å²) < 4.78 is 0. The standard InChI is InChI=1S/C11H21N3O3/c15-10(2-1-3-11(16)17)13-6-9-14-7-4-12-5-8-14/h12H,1-9H2,(H,13,15)(H,16,17). The van der Waals surface area contributed by atoms with Crippen molar-refractivity contribution < 1.29 is 14.7 Å². The van der Waals surface area contributed by atoms with Gasteiger partial charge in [0.05, 0.1) is 0 Å². The van der Waals surface area contributed by atoms with Crippen LogP contribution < -0.4 is 10.6 Å². The molecule has 98 valence electrons. The molecule has 0 radical (unpaired) electrons. The van der Waals surface area contributed by atoms with Crippen LogP contribution in [-0.4, -0.2) is 61.2 Å². The van der Waals surface area contributed by atoms with E-state index in [2.05, 4.69) is 15.5 Å². The molecule has 1 fully saturated rings. The lowest BCUT2D eigenvalue weighted by molar-refractivity contribution is -0.137. The van der Waals surface area contributed by atoms with Crippen LogP contribution in [0.2, 0.25) is 0 Å². The van der Waals surface area contributed by atoms with Crippen LogP contribution in [0, 0.1) is 0 Å². The minimum Gasteiger partial charge on any atom is -0.481 e. The normalized spacial score (nSPS) is 16.7. The Kier molecular flexibility index (Phi) is 6.57. The van der Waals surface area contributed by atoms with Crippen molar-refractivity contribution in [1.82, 2.24) is 15.5 Å². The van der Waals surface area contributed by atoms with Crippen molar-refractivity contribution in [1.29, 1.82) is 0 Å². The van der Waals surface area contributed by atoms with Gasteiger partial charge in [0, 0.05) is 52.1 Å². The molecule has 0 aromatic heterocycles. The van der Waals surface area contributed by atoms with Crippen molar-refractivity contribution in [3.8, 4) is 0 Å². The molecule has 1 aliphatic rings. The van der Waals surface area contributed by atoms with Crippen LogP contribution in [0.4, 0.5) is 0 Å². The van der Waals surface area contributed by atoms with Gasteiger partial charge < -0.3 is 15.7 Å². The number of carboxylic acid groups (broad SMARTS) is 1. The van der Waals surface area contributed by atoms with Crippen LogP contribution in [0.15, 0.2) is 0 Å². The minimum absolute atomic E-state index is 0.0543. The third-order valence-corrected chi connectivity index (χ3v) is 2.75. The monoisotopic (exact) mass is 243 g/mol. The maximum Gasteiger partial charge on any atom is 0.303 e. The fourth-order valence-electron chi connectivity index (χ4n) is 1.78. The molecule has 1 heterocycles. The van der Waals surface area contributed by atoms with Crippen LogP contribution >= 0.6 is 0 Å². The molecule has 0 aromatic carbocycles. The van der Waals surface area contributed by atoms with Gasteiger partial charge >= 0.3 is 5.97 Å². The number of nitrogens with one attached hydrogen (secondary N) is 2. The van der Waals surface area contributed by atoms with E-state index in [1.165, 1.54) is 0 Å². The number of rotatable bonds is 7. The molecule has 6 nitrogen and oxygen atoms in total. The maximum atomic E-state index is 11.3. The predicted molar refractivity (Wildman–Crippen MR) is 63.8 cm³/mol. The Morgan fingerprint density at radius 1 is 1.24 bits per heavy atom. The van der Waals surface area contributed by atoms with E-state index in [1.54, 1.807) is 0 Å². The van der Waals surface area contributed by atoms with Crippen molar-refractivity contribution in [2.75, 3.05) is 39.3 Å². The number of aliphatic carboxylic acids is 1. The summed E-state index contributed by atoms with van der Waals surface area (Å²) >= 11 is 0. The molecule has 0 atom stereocenters. The fourth-order valence-corrected chi connectivity index (χ4v) is 1.78. The smallest absolute Gasteiger partial charge is 0.303 e. The lowest BCUT2D eigenvalue weighted by Gasteiger charge is -2.27. The number of nitrogens with zero attached hydrogens (tertiary/aromatic N) is 1. The lowest BCUT2D eigenvalue weighted by atomic mass is 10.2. The molecule has 1 saturated heterocycles. The van der Waals surface area contributed by atoms with Gasteiger partial charge in [-0.3, -0.25) is 14.5 Å². The second-order valence-electron chi connectivity index (χ2n) is 4.19. The van der Waals surface area contributed by atoms with Gasteiger partial charge in [-0.05, 0) is 6.42 Å². The first-order valence-electron chi connectivity index (χ1n) is 6.10. The first-order valence-corrected chi connectivity index (χ1v) is 6.10. The number of carbonyl (C=O) groups is 2. The highest BCUT2D eigenvalue weighted by Gasteiger charge is 2.09. The van der Waals surface area contributed by atoms with E-state index in [1.807, 2.05) is 0 Å². The third kappa shape index (κ3) is 6.91. The van der Waals surface area contributed by atoms with Gasteiger partial charge in [-0.1, -0.05) is 0 Å². The number of carbonyl (C=O) groups excluding carboxylic acids is 1. The Labute approximate surface area is 101 Å². The summed E-state index contributed by atoms with van der Waals surface area (Å²) in [4.78, 5) is 23.9. The molecule has 1 amide bonds. The summed E-state index contributed by atoms with van der Waals surface area (Å²) in [5.41, 5.74) is 0. The van der Waals surface area contributed by atoms with E-state index in [0.29, 0.717) is 19.4 Å². The maximum absolute atomic E-state index is 11.3. The average Bonchev–Trinajstić information content (AvgIpc) is 2.30. The molecule has 0 bridgehead atoms. The van der Waals surface area contributed by atoms with Gasteiger partial charge in [-0.2, -0.15) is 0 Å². The van der Waals surface area contributed by atoms with Crippen molar-refractivity contribution in [2.24, 2.45) is 0 Å². The van der Waals surface area contributed by atoms with Gasteiger partial charge in [-0.25, -0.2) is 0 Å². The molecular weight excluding hydrogens is 222 g/mol. The van der Waals surface area contributed by atoms with Crippen molar-refractivity contribution in [3.63, 3.8) is 0 Å². The van der Waals surface area contributed by atoms with Crippen LogP contribution in [-0.2, 0) is 9.59 Å². The van der Waals surface area contributed by atoms with Crippen LogP contribution in [0.5, 0.6) is 0 Å². The Morgan fingerprint density at radius 3 is 2.59 bits per heavy atom. The Balaban J connectivity index is 1.97. The van der Waals surface area contributed by atoms with Gasteiger partial charge in [0.25, 0.3) is 0 Å². The molecule has 0 aliphatic carbocycles. The molecule has 1 rings (SSSR count). The van der Waals surface area contributed by atoms with Gasteiger partial charge in [-0.15, -0.1) is 0 Å². The summed E-state index contributed by atoms with van der Waals surface area (Å²) in [6.07, 6.45) is 0.772. The molecule has 0 saturated carbocycles. The Bertz CT molecular complexity index is 252. The van der Waals surface area contributed by atoms with Gasteiger partial charge in [0.15, 0.2) is 0 Å². The zero-order valence-corrected chi connectivity index (χ0v) is 10.1. The van der Waals surface area contributed by atoms with Crippen LogP contribution in [0.3, 0.4) is 0 Å². The fraction of sp³-hybridized carbons (Fsp3) is 0.818. The molecule has 0 aromatic rings. The molecule has 1 aliphatic heterocycles. The Morgan fingerprint density at radius 2 is 1.94 bits per heavy atom. The van der Waals surface area contributed by atoms with Crippen molar-refractivity contribution in [3.05, 3.63) is 0 Å². The third-order valence-electron chi connectivity index (χ3n) is 2.75. The number of carboxylic acids is 1. The topological polar surface area (TPSA) is 81.7 Å². The zero-order valence-electron chi connectivity index (χ0n) is 10.1. The largest absolute Gasteiger partial charge is 0.481 e. The number of hydrogen-bond acceptors (Lipinski definition) is 4. The SMILES string of the molecule is O=C(O)CCCC(=O)NCCN1CCNCC1. The highest BCUT2D eigenvalue weighted by atomic mass is 16.4. The van der Waals surface area contributed by atoms with Gasteiger partial charge in [0.1, 0.15) is 0 Å². The molecule has 6 heteroatoms. The van der Waals surface area contributed by atoms with E-state index in [4.69, 9.17) is 5.11 Å². The Hall–Kier alpha value is -1.14. The first-order chi connectivity index (χ1) is 8.18. The predicted octanol–water partition coefficient (Wildman–Crippen LogP) is -0.737. The van der Waals surface area contributed by atoms with Crippen LogP contribution in [0.1, 0.15) is 19.3 Å². The average molecular weight is 243 g/mol. The van der Waals surface area contributed by atoms with Crippen molar-refractivity contribution in [2.45, 2.75) is 19.3 Å². The van der Waals surface area contributed by atoms with Crippen molar-refractivity contribution >= 4 is 11.9 Å². The van der Waals surface area contributed by atoms with Gasteiger partial charge in [0.2, 0.25) is 5.91 Å². The lowest BCUT2D eigenvalue weighted by Crippen LogP contribution is -2.46. The highest BCUT2D eigenvalue weighted by Crippen LogP contribution is 1.95. The molecule has 0 unspecified atom stereocenters. The number of piperazine rings is 1. The number of hydrogen-bond donors (Lipinski definition) is 3. The molecule has 0 spiro atoms. The van der Waals surface area contributed by atoms with E-state index in [0.717, 1.165) is 32.7 Å². The summed E-state index contributed by atoms with van der Waals surface area (Å²) in [6, 6.07) is 0. The van der Waals surface area contributed by atoms with E-state index in [-0.39, 0.29) is 12.3 Å². The summed E-state index contributed by atoms with van der Waals surface area (Å²) in [5.74, 6) is -0.903. The zero-order chi connectivity index (χ0) is 12.5. The molecule has 17 heavy (non-hydrogen) atoms. The second-order valence-corrected chi connectivity index (χ2v) is 4.19. The highest BCUT2D eigenvalue weighted by molar-refractivity contribution is 5.76. The van der Waals surface area contributed by atoms with E-state index in [9.17, 15) is 9.59 Å². The first kappa shape index (κ1) is 13.9. The molecule has 3 N–H and O–H groups in total. The molecular formula is C11H21N3O3. The minimum atomic E-state index is -0.849. The number of amides is 1. The summed E-state index contributed by atoms with van der Waals surface area (Å²) in [6.45, 7) is 5.57. The van der Waals surface area contributed by atoms with E-state index < -0.39 is 5.97 Å². The quantitative estimate of drug-likeness (QED) is 0.549. The summed E-state index contributed by atoms with van der Waals surface area (Å²) in [7, 11) is 0. The van der Waals surface area contributed by atoms with Crippen LogP contribution in [0.25, 0.3) is 0 Å².